The highest BCUT2D eigenvalue weighted by Crippen LogP contribution is 2.47. The Morgan fingerprint density at radius 1 is 0.926 bits per heavy atom. The summed E-state index contributed by atoms with van der Waals surface area (Å²) in [6.07, 6.45) is 4.67. The van der Waals surface area contributed by atoms with E-state index in [2.05, 4.69) is 25.7 Å². The molecule has 1 aliphatic rings. The van der Waals surface area contributed by atoms with Crippen molar-refractivity contribution in [3.8, 4) is 0 Å². The topological polar surface area (TPSA) is 66.4 Å². The zero-order valence-corrected chi connectivity index (χ0v) is 19.3. The predicted molar refractivity (Wildman–Crippen MR) is 107 cm³/mol. The van der Waals surface area contributed by atoms with Crippen molar-refractivity contribution >= 4 is 0 Å². The maximum atomic E-state index is 7.70. The molecule has 0 aromatic carbocycles. The Morgan fingerprint density at radius 2 is 1.41 bits per heavy atom. The van der Waals surface area contributed by atoms with Crippen LogP contribution in [0.1, 0.15) is 101 Å². The Hall–Kier alpha value is -0.240. The van der Waals surface area contributed by atoms with Crippen molar-refractivity contribution in [2.45, 2.75) is 118 Å². The molecule has 6 heteroatoms. The van der Waals surface area contributed by atoms with Gasteiger partial charge in [-0.3, -0.25) is 5.26 Å². The van der Waals surface area contributed by atoms with E-state index in [9.17, 15) is 0 Å². The van der Waals surface area contributed by atoms with E-state index >= 15 is 0 Å². The monoisotopic (exact) mass is 392 g/mol. The standard InChI is InChI=1S/C17H34O4.C4H10O2/c1-13-10-16(8,9)12-17(11-13,20-18-14(2,3)4)21-19-15(5,6)7;1-2-3-4-6-5/h13H,10-12H2,1-9H3;5H,2-4H2,1H3. The van der Waals surface area contributed by atoms with Crippen LogP contribution in [0.2, 0.25) is 0 Å². The minimum Gasteiger partial charge on any atom is -0.252 e. The lowest BCUT2D eigenvalue weighted by molar-refractivity contribution is -0.551. The van der Waals surface area contributed by atoms with Gasteiger partial charge in [-0.2, -0.15) is 9.78 Å². The molecule has 27 heavy (non-hydrogen) atoms. The van der Waals surface area contributed by atoms with Gasteiger partial charge >= 0.3 is 0 Å². The van der Waals surface area contributed by atoms with Gasteiger partial charge in [-0.15, -0.1) is 0 Å². The van der Waals surface area contributed by atoms with Gasteiger partial charge in [-0.05, 0) is 65.7 Å². The van der Waals surface area contributed by atoms with Crippen LogP contribution in [-0.2, 0) is 24.4 Å². The largest absolute Gasteiger partial charge is 0.252 e. The number of unbranched alkanes of at least 4 members (excludes halogenated alkanes) is 1. The zero-order chi connectivity index (χ0) is 21.4. The normalized spacial score (nSPS) is 22.1. The summed E-state index contributed by atoms with van der Waals surface area (Å²) >= 11 is 0. The Labute approximate surface area is 166 Å². The predicted octanol–water partition coefficient (Wildman–Crippen LogP) is 6.30. The van der Waals surface area contributed by atoms with E-state index in [4.69, 9.17) is 24.8 Å². The van der Waals surface area contributed by atoms with Gasteiger partial charge in [0.1, 0.15) is 0 Å². The molecule has 0 aromatic heterocycles. The summed E-state index contributed by atoms with van der Waals surface area (Å²) in [7, 11) is 0. The molecule has 164 valence electrons. The summed E-state index contributed by atoms with van der Waals surface area (Å²) in [6, 6.07) is 0. The summed E-state index contributed by atoms with van der Waals surface area (Å²) in [4.78, 5) is 26.5. The third kappa shape index (κ3) is 13.6. The van der Waals surface area contributed by atoms with E-state index in [1.54, 1.807) is 0 Å². The van der Waals surface area contributed by atoms with Crippen LogP contribution in [0.15, 0.2) is 0 Å². The van der Waals surface area contributed by atoms with Gasteiger partial charge in [-0.25, -0.2) is 14.7 Å². The molecule has 0 amide bonds. The third-order valence-corrected chi connectivity index (χ3v) is 3.78. The summed E-state index contributed by atoms with van der Waals surface area (Å²) in [5.41, 5.74) is -0.647. The van der Waals surface area contributed by atoms with Crippen LogP contribution < -0.4 is 0 Å². The van der Waals surface area contributed by atoms with Gasteiger partial charge in [0.2, 0.25) is 5.79 Å². The van der Waals surface area contributed by atoms with E-state index in [1.807, 2.05) is 48.5 Å². The highest BCUT2D eigenvalue weighted by Gasteiger charge is 2.48. The molecule has 6 nitrogen and oxygen atoms in total. The zero-order valence-electron chi connectivity index (χ0n) is 19.3. The smallest absolute Gasteiger partial charge is 0.234 e. The van der Waals surface area contributed by atoms with Gasteiger partial charge in [0, 0.05) is 12.8 Å². The first-order valence-electron chi connectivity index (χ1n) is 10.1. The minimum absolute atomic E-state index is 0.125. The summed E-state index contributed by atoms with van der Waals surface area (Å²) in [5.74, 6) is -0.359. The molecule has 1 N–H and O–H groups in total. The van der Waals surface area contributed by atoms with Gasteiger partial charge in [0.15, 0.2) is 0 Å². The lowest BCUT2D eigenvalue weighted by atomic mass is 9.70. The fourth-order valence-corrected chi connectivity index (χ4v) is 3.17. The van der Waals surface area contributed by atoms with Crippen LogP contribution in [0.25, 0.3) is 0 Å². The molecule has 1 aliphatic carbocycles. The van der Waals surface area contributed by atoms with E-state index in [0.29, 0.717) is 12.5 Å². The van der Waals surface area contributed by atoms with Crippen LogP contribution in [0, 0.1) is 11.3 Å². The molecule has 1 unspecified atom stereocenters. The molecule has 0 heterocycles. The average molecular weight is 393 g/mol. The maximum Gasteiger partial charge on any atom is 0.234 e. The Bertz CT molecular complexity index is 372. The molecule has 0 aromatic rings. The molecule has 0 spiro atoms. The van der Waals surface area contributed by atoms with Crippen molar-refractivity contribution in [1.82, 2.24) is 0 Å². The quantitative estimate of drug-likeness (QED) is 0.237. The maximum absolute atomic E-state index is 7.70. The molecule has 0 aliphatic heterocycles. The highest BCUT2D eigenvalue weighted by atomic mass is 17.3. The number of hydrogen-bond acceptors (Lipinski definition) is 6. The molecular weight excluding hydrogens is 348 g/mol. The molecule has 1 saturated carbocycles. The first kappa shape index (κ1) is 26.8. The molecule has 1 atom stereocenters. The van der Waals surface area contributed by atoms with Crippen molar-refractivity contribution in [3.05, 3.63) is 0 Å². The third-order valence-electron chi connectivity index (χ3n) is 3.78. The molecule has 1 rings (SSSR count). The Balaban J connectivity index is 0.000000972. The van der Waals surface area contributed by atoms with E-state index in [1.165, 1.54) is 0 Å². The van der Waals surface area contributed by atoms with Crippen LogP contribution in [0.5, 0.6) is 0 Å². The van der Waals surface area contributed by atoms with Crippen molar-refractivity contribution in [2.75, 3.05) is 6.61 Å². The molecular formula is C21H44O6. The fraction of sp³-hybridized carbons (Fsp3) is 1.00. The molecule has 0 radical (unpaired) electrons. The summed E-state index contributed by atoms with van der Waals surface area (Å²) < 4.78 is 0. The van der Waals surface area contributed by atoms with Crippen molar-refractivity contribution in [1.29, 1.82) is 0 Å². The van der Waals surface area contributed by atoms with E-state index in [-0.39, 0.29) is 16.6 Å². The first-order valence-corrected chi connectivity index (χ1v) is 10.1. The lowest BCUT2D eigenvalue weighted by Crippen LogP contribution is -2.48. The molecule has 0 bridgehead atoms. The van der Waals surface area contributed by atoms with E-state index in [0.717, 1.165) is 32.1 Å². The van der Waals surface area contributed by atoms with Gasteiger partial charge in [0.05, 0.1) is 17.8 Å². The number of rotatable bonds is 7. The highest BCUT2D eigenvalue weighted by molar-refractivity contribution is 4.88. The van der Waals surface area contributed by atoms with Crippen LogP contribution in [0.3, 0.4) is 0 Å². The summed E-state index contributed by atoms with van der Waals surface area (Å²) in [5, 5.41) is 7.70. The summed E-state index contributed by atoms with van der Waals surface area (Å²) in [6.45, 7) is 21.0. The van der Waals surface area contributed by atoms with Crippen molar-refractivity contribution in [2.24, 2.45) is 11.3 Å². The van der Waals surface area contributed by atoms with Crippen LogP contribution in [0.4, 0.5) is 0 Å². The Morgan fingerprint density at radius 3 is 1.70 bits per heavy atom. The van der Waals surface area contributed by atoms with Gasteiger partial charge in [0.25, 0.3) is 0 Å². The second kappa shape index (κ2) is 11.1. The first-order chi connectivity index (χ1) is 12.1. The van der Waals surface area contributed by atoms with Crippen LogP contribution >= 0.6 is 0 Å². The van der Waals surface area contributed by atoms with Gasteiger partial charge in [-0.1, -0.05) is 34.1 Å². The van der Waals surface area contributed by atoms with Crippen molar-refractivity contribution < 1.29 is 29.7 Å². The van der Waals surface area contributed by atoms with Gasteiger partial charge < -0.3 is 0 Å². The molecule has 0 saturated heterocycles. The Kier molecular flexibility index (Phi) is 11.0. The minimum atomic E-state index is -0.846. The van der Waals surface area contributed by atoms with Crippen LogP contribution in [-0.4, -0.2) is 28.9 Å². The average Bonchev–Trinajstić information content (AvgIpc) is 2.47. The number of hydrogen-bond donors (Lipinski definition) is 1. The lowest BCUT2D eigenvalue weighted by Gasteiger charge is -2.46. The molecule has 1 fully saturated rings. The van der Waals surface area contributed by atoms with Crippen molar-refractivity contribution in [3.63, 3.8) is 0 Å². The van der Waals surface area contributed by atoms with E-state index < -0.39 is 5.79 Å². The fourth-order valence-electron chi connectivity index (χ4n) is 3.17. The SMILES string of the molecule is CC1CC(C)(C)CC(OOC(C)(C)C)(OOC(C)(C)C)C1.CCCCOO. The second-order valence-corrected chi connectivity index (χ2v) is 10.5. The second-order valence-electron chi connectivity index (χ2n) is 10.5.